The summed E-state index contributed by atoms with van der Waals surface area (Å²) in [7, 11) is 0. The Hall–Kier alpha value is -1.52. The number of ether oxygens (including phenoxy) is 1. The molecule has 0 atom stereocenters. The Morgan fingerprint density at radius 1 is 1.53 bits per heavy atom. The van der Waals surface area contributed by atoms with E-state index in [1.165, 1.54) is 4.68 Å². The number of H-pyrrole nitrogens is 1. The van der Waals surface area contributed by atoms with Crippen LogP contribution in [0.2, 0.25) is 0 Å². The zero-order valence-electron chi connectivity index (χ0n) is 9.46. The van der Waals surface area contributed by atoms with E-state index in [4.69, 9.17) is 4.74 Å². The number of nitrogens with zero attached hydrogens (tertiary/aromatic N) is 1. The second-order valence-corrected chi connectivity index (χ2v) is 3.60. The third-order valence-electron chi connectivity index (χ3n) is 2.09. The number of hydrogen-bond acceptors (Lipinski definition) is 3. The molecule has 0 bridgehead atoms. The summed E-state index contributed by atoms with van der Waals surface area (Å²) in [6.45, 7) is 7.40. The Balaban J connectivity index is 3.20. The topological polar surface area (TPSA) is 64.1 Å². The van der Waals surface area contributed by atoms with Crippen LogP contribution in [0.25, 0.3) is 0 Å². The van der Waals surface area contributed by atoms with E-state index in [0.29, 0.717) is 5.69 Å². The molecule has 0 aliphatic heterocycles. The van der Waals surface area contributed by atoms with E-state index in [9.17, 15) is 9.59 Å². The molecule has 0 saturated carbocycles. The van der Waals surface area contributed by atoms with Gasteiger partial charge in [0.1, 0.15) is 5.56 Å². The van der Waals surface area contributed by atoms with E-state index in [2.05, 4.69) is 5.10 Å². The molecule has 84 valence electrons. The van der Waals surface area contributed by atoms with E-state index < -0.39 is 5.97 Å². The van der Waals surface area contributed by atoms with Gasteiger partial charge in [-0.2, -0.15) is 0 Å². The highest BCUT2D eigenvalue weighted by atomic mass is 16.5. The van der Waals surface area contributed by atoms with Crippen molar-refractivity contribution in [2.24, 2.45) is 0 Å². The maximum atomic E-state index is 11.8. The second-order valence-electron chi connectivity index (χ2n) is 3.60. The summed E-state index contributed by atoms with van der Waals surface area (Å²) < 4.78 is 6.23. The largest absolute Gasteiger partial charge is 0.462 e. The minimum atomic E-state index is -0.560. The van der Waals surface area contributed by atoms with Gasteiger partial charge in [-0.1, -0.05) is 0 Å². The minimum absolute atomic E-state index is 0.000577. The standard InChI is InChI=1S/C10H16N2O3/c1-5-15-10(14)8-7(4)11-12(6(2)3)9(8)13/h6,11H,5H2,1-4H3. The molecular weight excluding hydrogens is 196 g/mol. The Bertz CT molecular complexity index is 415. The summed E-state index contributed by atoms with van der Waals surface area (Å²) in [4.78, 5) is 23.2. The number of hydrogen-bond donors (Lipinski definition) is 1. The number of carbonyl (C=O) groups is 1. The number of aromatic nitrogens is 2. The predicted molar refractivity (Wildman–Crippen MR) is 56.1 cm³/mol. The molecule has 0 aromatic carbocycles. The van der Waals surface area contributed by atoms with Crippen LogP contribution in [0.3, 0.4) is 0 Å². The first-order valence-corrected chi connectivity index (χ1v) is 4.97. The molecule has 1 heterocycles. The Morgan fingerprint density at radius 3 is 2.53 bits per heavy atom. The fourth-order valence-electron chi connectivity index (χ4n) is 1.38. The van der Waals surface area contributed by atoms with Gasteiger partial charge in [-0.15, -0.1) is 0 Å². The summed E-state index contributed by atoms with van der Waals surface area (Å²) in [5.74, 6) is -0.560. The molecule has 0 amide bonds. The van der Waals surface area contributed by atoms with Gasteiger partial charge in [0, 0.05) is 11.7 Å². The van der Waals surface area contributed by atoms with Gasteiger partial charge in [-0.05, 0) is 27.7 Å². The van der Waals surface area contributed by atoms with Crippen molar-refractivity contribution < 1.29 is 9.53 Å². The fraction of sp³-hybridized carbons (Fsp3) is 0.600. The molecule has 0 saturated heterocycles. The zero-order chi connectivity index (χ0) is 11.6. The highest BCUT2D eigenvalue weighted by Crippen LogP contribution is 2.05. The molecule has 15 heavy (non-hydrogen) atoms. The Kier molecular flexibility index (Phi) is 3.34. The van der Waals surface area contributed by atoms with Crippen LogP contribution in [0.15, 0.2) is 4.79 Å². The SMILES string of the molecule is CCOC(=O)c1c(C)[nH]n(C(C)C)c1=O. The molecule has 5 nitrogen and oxygen atoms in total. The second kappa shape index (κ2) is 4.33. The van der Waals surface area contributed by atoms with Crippen molar-refractivity contribution in [3.63, 3.8) is 0 Å². The Morgan fingerprint density at radius 2 is 2.13 bits per heavy atom. The molecule has 0 unspecified atom stereocenters. The average Bonchev–Trinajstić information content (AvgIpc) is 2.42. The first-order valence-electron chi connectivity index (χ1n) is 4.97. The molecule has 0 spiro atoms. The van der Waals surface area contributed by atoms with Gasteiger partial charge in [0.25, 0.3) is 5.56 Å². The fourth-order valence-corrected chi connectivity index (χ4v) is 1.38. The lowest BCUT2D eigenvalue weighted by molar-refractivity contribution is 0.0524. The van der Waals surface area contributed by atoms with Crippen LogP contribution < -0.4 is 5.56 Å². The van der Waals surface area contributed by atoms with Gasteiger partial charge < -0.3 is 4.74 Å². The van der Waals surface area contributed by atoms with Crippen LogP contribution in [0, 0.1) is 6.92 Å². The minimum Gasteiger partial charge on any atom is -0.462 e. The third kappa shape index (κ3) is 2.11. The van der Waals surface area contributed by atoms with Gasteiger partial charge in [-0.3, -0.25) is 9.89 Å². The van der Waals surface area contributed by atoms with E-state index in [1.807, 2.05) is 13.8 Å². The summed E-state index contributed by atoms with van der Waals surface area (Å²) in [5.41, 5.74) is 0.332. The van der Waals surface area contributed by atoms with Crippen LogP contribution in [0.1, 0.15) is 42.9 Å². The number of carbonyl (C=O) groups excluding carboxylic acids is 1. The van der Waals surface area contributed by atoms with E-state index in [0.717, 1.165) is 0 Å². The molecule has 1 N–H and O–H groups in total. The predicted octanol–water partition coefficient (Wildman–Crippen LogP) is 1.24. The molecule has 0 aliphatic carbocycles. The molecule has 0 fully saturated rings. The van der Waals surface area contributed by atoms with Crippen LogP contribution in [0.5, 0.6) is 0 Å². The lowest BCUT2D eigenvalue weighted by atomic mass is 10.2. The van der Waals surface area contributed by atoms with E-state index >= 15 is 0 Å². The van der Waals surface area contributed by atoms with Gasteiger partial charge in [0.2, 0.25) is 0 Å². The van der Waals surface area contributed by atoms with Crippen molar-refractivity contribution >= 4 is 5.97 Å². The van der Waals surface area contributed by atoms with E-state index in [1.54, 1.807) is 13.8 Å². The lowest BCUT2D eigenvalue weighted by Crippen LogP contribution is -2.24. The van der Waals surface area contributed by atoms with Crippen molar-refractivity contribution in [2.75, 3.05) is 6.61 Å². The number of esters is 1. The first kappa shape index (κ1) is 11.6. The first-order chi connectivity index (χ1) is 6.99. The van der Waals surface area contributed by atoms with Gasteiger partial charge >= 0.3 is 5.97 Å². The van der Waals surface area contributed by atoms with Crippen LogP contribution in [-0.2, 0) is 4.74 Å². The summed E-state index contributed by atoms with van der Waals surface area (Å²) in [6.07, 6.45) is 0. The summed E-state index contributed by atoms with van der Waals surface area (Å²) in [5, 5.41) is 2.86. The number of aryl methyl sites for hydroxylation is 1. The van der Waals surface area contributed by atoms with Crippen LogP contribution in [0.4, 0.5) is 0 Å². The highest BCUT2D eigenvalue weighted by molar-refractivity contribution is 5.90. The van der Waals surface area contributed by atoms with Gasteiger partial charge in [-0.25, -0.2) is 9.48 Å². The van der Waals surface area contributed by atoms with Gasteiger partial charge in [0.05, 0.1) is 6.61 Å². The smallest absolute Gasteiger partial charge is 0.345 e. The van der Waals surface area contributed by atoms with Crippen molar-refractivity contribution in [3.8, 4) is 0 Å². The zero-order valence-corrected chi connectivity index (χ0v) is 9.46. The third-order valence-corrected chi connectivity index (χ3v) is 2.09. The quantitative estimate of drug-likeness (QED) is 0.767. The summed E-state index contributed by atoms with van der Waals surface area (Å²) >= 11 is 0. The normalized spacial score (nSPS) is 10.7. The number of aromatic amines is 1. The highest BCUT2D eigenvalue weighted by Gasteiger charge is 2.20. The molecule has 1 aromatic rings. The van der Waals surface area contributed by atoms with Crippen LogP contribution in [-0.4, -0.2) is 22.4 Å². The van der Waals surface area contributed by atoms with Crippen molar-refractivity contribution in [2.45, 2.75) is 33.7 Å². The van der Waals surface area contributed by atoms with Crippen molar-refractivity contribution in [1.29, 1.82) is 0 Å². The maximum absolute atomic E-state index is 11.8. The maximum Gasteiger partial charge on any atom is 0.345 e. The molecule has 0 radical (unpaired) electrons. The number of rotatable bonds is 3. The van der Waals surface area contributed by atoms with Crippen molar-refractivity contribution in [1.82, 2.24) is 9.78 Å². The molecular formula is C10H16N2O3. The molecule has 0 aliphatic rings. The van der Waals surface area contributed by atoms with Crippen molar-refractivity contribution in [3.05, 3.63) is 21.6 Å². The monoisotopic (exact) mass is 212 g/mol. The lowest BCUT2D eigenvalue weighted by Gasteiger charge is -2.03. The van der Waals surface area contributed by atoms with E-state index in [-0.39, 0.29) is 23.8 Å². The molecule has 1 rings (SSSR count). The van der Waals surface area contributed by atoms with Crippen LogP contribution >= 0.6 is 0 Å². The van der Waals surface area contributed by atoms with Gasteiger partial charge in [0.15, 0.2) is 0 Å². The average molecular weight is 212 g/mol. The summed E-state index contributed by atoms with van der Waals surface area (Å²) in [6, 6.07) is -0.000577. The molecule has 1 aromatic heterocycles. The molecule has 5 heteroatoms. The number of nitrogens with one attached hydrogen (secondary N) is 1. The Labute approximate surface area is 88.0 Å².